The Morgan fingerprint density at radius 1 is 1.32 bits per heavy atom. The highest BCUT2D eigenvalue weighted by Gasteiger charge is 2.23. The lowest BCUT2D eigenvalue weighted by Gasteiger charge is -2.32. The maximum absolute atomic E-state index is 14.0. The van der Waals surface area contributed by atoms with Gasteiger partial charge >= 0.3 is 0 Å². The summed E-state index contributed by atoms with van der Waals surface area (Å²) in [6.45, 7) is 6.63. The number of imidazole rings is 1. The Labute approximate surface area is 145 Å². The largest absolute Gasteiger partial charge is 0.374 e. The fourth-order valence-corrected chi connectivity index (χ4v) is 3.49. The van der Waals surface area contributed by atoms with Crippen LogP contribution in [0, 0.1) is 5.82 Å². The van der Waals surface area contributed by atoms with Gasteiger partial charge in [0, 0.05) is 32.0 Å². The summed E-state index contributed by atoms with van der Waals surface area (Å²) in [5.74, 6) is 0.645. The first-order chi connectivity index (χ1) is 12.2. The van der Waals surface area contributed by atoms with Crippen LogP contribution in [0.4, 0.5) is 4.39 Å². The molecule has 0 amide bonds. The topological polar surface area (TPSA) is 48.1 Å². The van der Waals surface area contributed by atoms with Gasteiger partial charge in [0.15, 0.2) is 5.82 Å². The minimum absolute atomic E-state index is 0.102. The van der Waals surface area contributed by atoms with Crippen LogP contribution in [-0.2, 0) is 24.4 Å². The second-order valence-corrected chi connectivity index (χ2v) is 6.34. The van der Waals surface area contributed by atoms with E-state index in [2.05, 4.69) is 26.5 Å². The predicted octanol–water partition coefficient (Wildman–Crippen LogP) is 2.29. The molecule has 1 atom stereocenters. The summed E-state index contributed by atoms with van der Waals surface area (Å²) in [6.07, 6.45) is 3.82. The molecule has 4 rings (SSSR count). The quantitative estimate of drug-likeness (QED) is 0.713. The average molecular weight is 343 g/mol. The summed E-state index contributed by atoms with van der Waals surface area (Å²) < 4.78 is 23.9. The molecule has 132 valence electrons. The van der Waals surface area contributed by atoms with Gasteiger partial charge in [0.2, 0.25) is 0 Å². The maximum atomic E-state index is 14.0. The van der Waals surface area contributed by atoms with Gasteiger partial charge < -0.3 is 9.30 Å². The van der Waals surface area contributed by atoms with Crippen molar-refractivity contribution < 1.29 is 9.13 Å². The van der Waals surface area contributed by atoms with Crippen LogP contribution in [-0.4, -0.2) is 50.0 Å². The minimum atomic E-state index is -0.260. The first-order valence-corrected chi connectivity index (χ1v) is 8.69. The molecule has 0 aliphatic carbocycles. The molecule has 3 heterocycles. The molecule has 1 saturated heterocycles. The number of aromatic nitrogens is 4. The summed E-state index contributed by atoms with van der Waals surface area (Å²) in [5, 5.41) is 4.25. The number of fused-ring (bicyclic) bond motifs is 1. The van der Waals surface area contributed by atoms with Crippen molar-refractivity contribution in [2.24, 2.45) is 0 Å². The SMILES string of the molecule is CCn1c(CN2CCO[C@@H](Cn3cccn3)C2)nc2c(F)cccc21. The Morgan fingerprint density at radius 3 is 3.04 bits per heavy atom. The third-order valence-corrected chi connectivity index (χ3v) is 4.66. The molecule has 0 N–H and O–H groups in total. The van der Waals surface area contributed by atoms with Crippen LogP contribution in [0.2, 0.25) is 0 Å². The smallest absolute Gasteiger partial charge is 0.151 e. The van der Waals surface area contributed by atoms with E-state index in [0.717, 1.165) is 37.5 Å². The van der Waals surface area contributed by atoms with Crippen molar-refractivity contribution >= 4 is 11.0 Å². The van der Waals surface area contributed by atoms with E-state index in [1.165, 1.54) is 6.07 Å². The molecule has 1 aromatic carbocycles. The number of hydrogen-bond donors (Lipinski definition) is 0. The molecule has 0 bridgehead atoms. The van der Waals surface area contributed by atoms with E-state index < -0.39 is 0 Å². The van der Waals surface area contributed by atoms with E-state index in [4.69, 9.17) is 4.74 Å². The van der Waals surface area contributed by atoms with Crippen LogP contribution < -0.4 is 0 Å². The number of rotatable bonds is 5. The monoisotopic (exact) mass is 343 g/mol. The second-order valence-electron chi connectivity index (χ2n) is 6.34. The third kappa shape index (κ3) is 3.29. The summed E-state index contributed by atoms with van der Waals surface area (Å²) in [4.78, 5) is 6.89. The molecular formula is C18H22FN5O. The molecule has 0 radical (unpaired) electrons. The molecule has 0 unspecified atom stereocenters. The summed E-state index contributed by atoms with van der Waals surface area (Å²) in [7, 11) is 0. The van der Waals surface area contributed by atoms with Gasteiger partial charge in [-0.2, -0.15) is 5.10 Å². The van der Waals surface area contributed by atoms with Crippen LogP contribution in [0.5, 0.6) is 0 Å². The third-order valence-electron chi connectivity index (χ3n) is 4.66. The number of morpholine rings is 1. The number of ether oxygens (including phenoxy) is 1. The molecule has 0 saturated carbocycles. The first kappa shape index (κ1) is 16.2. The Kier molecular flexibility index (Phi) is 4.50. The van der Waals surface area contributed by atoms with Gasteiger partial charge in [0.05, 0.1) is 31.3 Å². The van der Waals surface area contributed by atoms with Crippen molar-refractivity contribution in [3.63, 3.8) is 0 Å². The van der Waals surface area contributed by atoms with Crippen molar-refractivity contribution in [2.45, 2.75) is 32.7 Å². The van der Waals surface area contributed by atoms with Crippen LogP contribution in [0.25, 0.3) is 11.0 Å². The zero-order valence-corrected chi connectivity index (χ0v) is 14.3. The molecule has 3 aromatic rings. The number of para-hydroxylation sites is 1. The van der Waals surface area contributed by atoms with E-state index in [9.17, 15) is 4.39 Å². The zero-order valence-electron chi connectivity index (χ0n) is 14.3. The first-order valence-electron chi connectivity index (χ1n) is 8.69. The van der Waals surface area contributed by atoms with Gasteiger partial charge in [0.1, 0.15) is 11.3 Å². The summed E-state index contributed by atoms with van der Waals surface area (Å²) >= 11 is 0. The van der Waals surface area contributed by atoms with Crippen molar-refractivity contribution in [1.29, 1.82) is 0 Å². The van der Waals surface area contributed by atoms with E-state index in [0.29, 0.717) is 18.7 Å². The highest BCUT2D eigenvalue weighted by atomic mass is 19.1. The highest BCUT2D eigenvalue weighted by molar-refractivity contribution is 5.76. The molecule has 1 aliphatic heterocycles. The van der Waals surface area contributed by atoms with E-state index in [1.807, 2.05) is 23.0 Å². The van der Waals surface area contributed by atoms with Crippen molar-refractivity contribution in [3.05, 3.63) is 48.3 Å². The van der Waals surface area contributed by atoms with E-state index in [1.54, 1.807) is 12.3 Å². The Bertz CT molecular complexity index is 845. The van der Waals surface area contributed by atoms with Gasteiger partial charge in [-0.05, 0) is 25.1 Å². The maximum Gasteiger partial charge on any atom is 0.151 e. The molecule has 2 aromatic heterocycles. The van der Waals surface area contributed by atoms with Gasteiger partial charge in [-0.15, -0.1) is 0 Å². The molecule has 7 heteroatoms. The van der Waals surface area contributed by atoms with Crippen LogP contribution in [0.3, 0.4) is 0 Å². The molecule has 1 aliphatic rings. The summed E-state index contributed by atoms with van der Waals surface area (Å²) in [5.41, 5.74) is 1.32. The fraction of sp³-hybridized carbons (Fsp3) is 0.444. The average Bonchev–Trinajstić information content (AvgIpc) is 3.23. The van der Waals surface area contributed by atoms with Gasteiger partial charge in [-0.25, -0.2) is 9.37 Å². The second kappa shape index (κ2) is 6.93. The Balaban J connectivity index is 1.51. The number of aryl methyl sites for hydroxylation is 1. The van der Waals surface area contributed by atoms with Crippen LogP contribution in [0.15, 0.2) is 36.7 Å². The Hall–Kier alpha value is -2.25. The molecule has 1 fully saturated rings. The number of halogens is 1. The molecular weight excluding hydrogens is 321 g/mol. The van der Waals surface area contributed by atoms with Crippen molar-refractivity contribution in [1.82, 2.24) is 24.2 Å². The lowest BCUT2D eigenvalue weighted by molar-refractivity contribution is -0.0411. The number of nitrogens with zero attached hydrogens (tertiary/aromatic N) is 5. The highest BCUT2D eigenvalue weighted by Crippen LogP contribution is 2.21. The number of benzene rings is 1. The van der Waals surface area contributed by atoms with Crippen LogP contribution in [0.1, 0.15) is 12.7 Å². The molecule has 6 nitrogen and oxygen atoms in total. The minimum Gasteiger partial charge on any atom is -0.374 e. The van der Waals surface area contributed by atoms with Crippen molar-refractivity contribution in [2.75, 3.05) is 19.7 Å². The number of hydrogen-bond acceptors (Lipinski definition) is 4. The standard InChI is InChI=1S/C18H22FN5O/c1-2-24-16-6-3-5-15(19)18(16)21-17(24)13-22-9-10-25-14(11-22)12-23-8-4-7-20-23/h3-8,14H,2,9-13H2,1H3/t14-/m1/s1. The molecule has 25 heavy (non-hydrogen) atoms. The van der Waals surface area contributed by atoms with Crippen molar-refractivity contribution in [3.8, 4) is 0 Å². The van der Waals surface area contributed by atoms with Crippen LogP contribution >= 0.6 is 0 Å². The molecule has 0 spiro atoms. The Morgan fingerprint density at radius 2 is 2.24 bits per heavy atom. The van der Waals surface area contributed by atoms with Gasteiger partial charge in [-0.1, -0.05) is 6.07 Å². The lowest BCUT2D eigenvalue weighted by atomic mass is 10.2. The summed E-state index contributed by atoms with van der Waals surface area (Å²) in [6, 6.07) is 7.05. The zero-order chi connectivity index (χ0) is 17.2. The van der Waals surface area contributed by atoms with Gasteiger partial charge in [0.25, 0.3) is 0 Å². The normalized spacial score (nSPS) is 18.9. The van der Waals surface area contributed by atoms with E-state index >= 15 is 0 Å². The van der Waals surface area contributed by atoms with E-state index in [-0.39, 0.29) is 11.9 Å². The lowest BCUT2D eigenvalue weighted by Crippen LogP contribution is -2.44. The predicted molar refractivity (Wildman–Crippen MR) is 92.6 cm³/mol. The van der Waals surface area contributed by atoms with Gasteiger partial charge in [-0.3, -0.25) is 9.58 Å². The fourth-order valence-electron chi connectivity index (χ4n) is 3.49.